The van der Waals surface area contributed by atoms with Gasteiger partial charge in [-0.05, 0) is 26.0 Å². The zero-order valence-corrected chi connectivity index (χ0v) is 14.0. The number of aromatic nitrogens is 4. The lowest BCUT2D eigenvalue weighted by Gasteiger charge is -1.98. The smallest absolute Gasteiger partial charge is 0.315 e. The van der Waals surface area contributed by atoms with Crippen LogP contribution in [0.1, 0.15) is 17.5 Å². The summed E-state index contributed by atoms with van der Waals surface area (Å²) < 4.78 is 0. The second kappa shape index (κ2) is 6.80. The van der Waals surface area contributed by atoms with Crippen LogP contribution in [0, 0.1) is 6.92 Å². The molecule has 3 aromatic rings. The highest BCUT2D eigenvalue weighted by Crippen LogP contribution is 2.27. The largest absolute Gasteiger partial charge is 0.345 e. The van der Waals surface area contributed by atoms with Crippen LogP contribution in [0.5, 0.6) is 6.01 Å². The number of oxime groups is 1. The minimum absolute atomic E-state index is 0.142. The van der Waals surface area contributed by atoms with Crippen molar-refractivity contribution in [1.82, 2.24) is 19.9 Å². The van der Waals surface area contributed by atoms with Crippen molar-refractivity contribution in [2.75, 3.05) is 0 Å². The Balaban J connectivity index is 1.82. The third kappa shape index (κ3) is 3.69. The van der Waals surface area contributed by atoms with E-state index in [1.54, 1.807) is 12.4 Å². The molecule has 0 radical (unpaired) electrons. The van der Waals surface area contributed by atoms with E-state index in [4.69, 9.17) is 16.4 Å². The lowest BCUT2D eigenvalue weighted by molar-refractivity contribution is 0.312. The second-order valence-corrected chi connectivity index (χ2v) is 6.06. The summed E-state index contributed by atoms with van der Waals surface area (Å²) in [6, 6.07) is 4.00. The fraction of sp³-hybridized carbons (Fsp3) is 0.133. The molecule has 0 unspecified atom stereocenters. The van der Waals surface area contributed by atoms with E-state index >= 15 is 0 Å². The number of pyridine rings is 1. The van der Waals surface area contributed by atoms with Crippen molar-refractivity contribution in [3.8, 4) is 16.6 Å². The summed E-state index contributed by atoms with van der Waals surface area (Å²) in [7, 11) is 0. The molecule has 0 saturated carbocycles. The maximum Gasteiger partial charge on any atom is 0.345 e. The van der Waals surface area contributed by atoms with E-state index in [0.29, 0.717) is 10.7 Å². The third-order valence-corrected chi connectivity index (χ3v) is 4.41. The first-order valence-electron chi connectivity index (χ1n) is 6.71. The van der Waals surface area contributed by atoms with Crippen molar-refractivity contribution < 1.29 is 4.84 Å². The molecule has 0 N–H and O–H groups in total. The quantitative estimate of drug-likeness (QED) is 0.531. The van der Waals surface area contributed by atoms with E-state index in [1.807, 2.05) is 26.0 Å². The summed E-state index contributed by atoms with van der Waals surface area (Å²) in [4.78, 5) is 22.7. The zero-order valence-electron chi connectivity index (χ0n) is 12.4. The first-order valence-corrected chi connectivity index (χ1v) is 7.90. The van der Waals surface area contributed by atoms with E-state index in [2.05, 4.69) is 25.1 Å². The molecule has 0 aliphatic rings. The number of aryl methyl sites for hydroxylation is 1. The average molecular weight is 346 g/mol. The number of hydrogen-bond donors (Lipinski definition) is 0. The topological polar surface area (TPSA) is 73.2 Å². The fourth-order valence-electron chi connectivity index (χ4n) is 1.84. The average Bonchev–Trinajstić information content (AvgIpc) is 2.97. The molecule has 0 fully saturated rings. The molecule has 0 aliphatic heterocycles. The summed E-state index contributed by atoms with van der Waals surface area (Å²) in [6.07, 6.45) is 6.42. The summed E-state index contributed by atoms with van der Waals surface area (Å²) in [5.74, 6) is 0. The van der Waals surface area contributed by atoms with Gasteiger partial charge in [0.25, 0.3) is 0 Å². The Hall–Kier alpha value is -2.38. The minimum Gasteiger partial charge on any atom is -0.315 e. The van der Waals surface area contributed by atoms with Gasteiger partial charge < -0.3 is 4.84 Å². The van der Waals surface area contributed by atoms with Gasteiger partial charge in [-0.2, -0.15) is 0 Å². The SMILES string of the molecule is CC(=NOc1ncc(Cl)cn1)c1sc(-c2cccnc2)nc1C. The van der Waals surface area contributed by atoms with Crippen molar-refractivity contribution in [1.29, 1.82) is 0 Å². The Morgan fingerprint density at radius 3 is 2.74 bits per heavy atom. The number of halogens is 1. The van der Waals surface area contributed by atoms with E-state index in [1.165, 1.54) is 23.7 Å². The van der Waals surface area contributed by atoms with Crippen molar-refractivity contribution >= 4 is 28.6 Å². The van der Waals surface area contributed by atoms with Crippen LogP contribution in [0.2, 0.25) is 5.02 Å². The predicted molar refractivity (Wildman–Crippen MR) is 90.0 cm³/mol. The predicted octanol–water partition coefficient (Wildman–Crippen LogP) is 3.76. The van der Waals surface area contributed by atoms with Gasteiger partial charge in [0.05, 0.1) is 33.7 Å². The highest BCUT2D eigenvalue weighted by atomic mass is 35.5. The zero-order chi connectivity index (χ0) is 16.2. The Labute approximate surface area is 141 Å². The third-order valence-electron chi connectivity index (χ3n) is 2.89. The van der Waals surface area contributed by atoms with Crippen molar-refractivity contribution in [2.24, 2.45) is 5.16 Å². The molecule has 8 heteroatoms. The van der Waals surface area contributed by atoms with Crippen LogP contribution in [-0.4, -0.2) is 25.6 Å². The van der Waals surface area contributed by atoms with Crippen LogP contribution < -0.4 is 4.84 Å². The van der Waals surface area contributed by atoms with Gasteiger partial charge in [-0.15, -0.1) is 11.3 Å². The van der Waals surface area contributed by atoms with Gasteiger partial charge in [0.1, 0.15) is 5.01 Å². The molecule has 3 heterocycles. The van der Waals surface area contributed by atoms with Gasteiger partial charge in [-0.3, -0.25) is 4.98 Å². The standard InChI is InChI=1S/C15H12ClN5OS/c1-9-13(23-14(20-9)11-4-3-5-17-6-11)10(2)21-22-15-18-7-12(16)8-19-15/h3-8H,1-2H3. The van der Waals surface area contributed by atoms with Gasteiger partial charge in [-0.1, -0.05) is 16.8 Å². The molecule has 0 saturated heterocycles. The number of nitrogens with zero attached hydrogens (tertiary/aromatic N) is 5. The first-order chi connectivity index (χ1) is 11.1. The summed E-state index contributed by atoms with van der Waals surface area (Å²) >= 11 is 7.26. The Bertz CT molecular complexity index is 833. The molecule has 0 bridgehead atoms. The fourth-order valence-corrected chi connectivity index (χ4v) is 2.93. The summed E-state index contributed by atoms with van der Waals surface area (Å²) in [5, 5.41) is 5.40. The highest BCUT2D eigenvalue weighted by molar-refractivity contribution is 7.17. The number of rotatable bonds is 4. The lowest BCUT2D eigenvalue weighted by atomic mass is 10.3. The van der Waals surface area contributed by atoms with Gasteiger partial charge in [0.15, 0.2) is 0 Å². The van der Waals surface area contributed by atoms with Crippen LogP contribution in [0.4, 0.5) is 0 Å². The minimum atomic E-state index is 0.142. The number of hydrogen-bond acceptors (Lipinski definition) is 7. The van der Waals surface area contributed by atoms with Gasteiger partial charge in [0.2, 0.25) is 0 Å². The van der Waals surface area contributed by atoms with E-state index in [0.717, 1.165) is 21.1 Å². The molecule has 0 atom stereocenters. The first kappa shape index (κ1) is 15.5. The molecule has 0 spiro atoms. The summed E-state index contributed by atoms with van der Waals surface area (Å²) in [6.45, 7) is 3.78. The van der Waals surface area contributed by atoms with Gasteiger partial charge in [0, 0.05) is 18.0 Å². The van der Waals surface area contributed by atoms with Crippen molar-refractivity contribution in [2.45, 2.75) is 13.8 Å². The second-order valence-electron chi connectivity index (χ2n) is 4.63. The Morgan fingerprint density at radius 1 is 1.26 bits per heavy atom. The van der Waals surface area contributed by atoms with E-state index in [-0.39, 0.29) is 6.01 Å². The normalized spacial score (nSPS) is 11.5. The van der Waals surface area contributed by atoms with Crippen molar-refractivity contribution in [3.63, 3.8) is 0 Å². The molecule has 0 amide bonds. The van der Waals surface area contributed by atoms with Crippen LogP contribution in [0.15, 0.2) is 42.1 Å². The molecule has 116 valence electrons. The maximum atomic E-state index is 5.72. The molecule has 3 rings (SSSR count). The van der Waals surface area contributed by atoms with Gasteiger partial charge in [-0.25, -0.2) is 15.0 Å². The Kier molecular flexibility index (Phi) is 4.59. The molecule has 23 heavy (non-hydrogen) atoms. The number of thiazole rings is 1. The van der Waals surface area contributed by atoms with Crippen LogP contribution in [0.25, 0.3) is 10.6 Å². The van der Waals surface area contributed by atoms with Gasteiger partial charge >= 0.3 is 6.01 Å². The lowest BCUT2D eigenvalue weighted by Crippen LogP contribution is -1.99. The van der Waals surface area contributed by atoms with Crippen LogP contribution in [-0.2, 0) is 0 Å². The molecule has 0 aliphatic carbocycles. The van der Waals surface area contributed by atoms with Crippen LogP contribution >= 0.6 is 22.9 Å². The highest BCUT2D eigenvalue weighted by Gasteiger charge is 2.12. The summed E-state index contributed by atoms with van der Waals surface area (Å²) in [5.41, 5.74) is 2.56. The molecule has 3 aromatic heterocycles. The molecular formula is C15H12ClN5OS. The molecule has 6 nitrogen and oxygen atoms in total. The van der Waals surface area contributed by atoms with Crippen LogP contribution in [0.3, 0.4) is 0 Å². The maximum absolute atomic E-state index is 5.72. The molecular weight excluding hydrogens is 334 g/mol. The Morgan fingerprint density at radius 2 is 2.04 bits per heavy atom. The monoisotopic (exact) mass is 345 g/mol. The van der Waals surface area contributed by atoms with E-state index in [9.17, 15) is 0 Å². The molecule has 0 aromatic carbocycles. The van der Waals surface area contributed by atoms with Crippen molar-refractivity contribution in [3.05, 3.63) is 52.5 Å². The van der Waals surface area contributed by atoms with E-state index < -0.39 is 0 Å².